The molecule has 1 heterocycles. The average molecular weight is 320 g/mol. The van der Waals surface area contributed by atoms with Crippen molar-refractivity contribution < 1.29 is 4.74 Å². The maximum Gasteiger partial charge on any atom is 0.141 e. The second kappa shape index (κ2) is 5.74. The molecule has 1 aromatic carbocycles. The molecular formula is C16H18BrNO. The van der Waals surface area contributed by atoms with Crippen LogP contribution in [0.15, 0.2) is 47.1 Å². The van der Waals surface area contributed by atoms with Gasteiger partial charge in [0.2, 0.25) is 0 Å². The van der Waals surface area contributed by atoms with E-state index < -0.39 is 0 Å². The Kier molecular flexibility index (Phi) is 4.25. The average Bonchev–Trinajstić information content (AvgIpc) is 2.37. The minimum Gasteiger partial charge on any atom is -0.487 e. The highest BCUT2D eigenvalue weighted by atomic mass is 79.9. The van der Waals surface area contributed by atoms with Crippen LogP contribution in [-0.4, -0.2) is 4.98 Å². The first-order valence-electron chi connectivity index (χ1n) is 6.30. The molecule has 3 heteroatoms. The van der Waals surface area contributed by atoms with E-state index in [1.54, 1.807) is 0 Å². The summed E-state index contributed by atoms with van der Waals surface area (Å²) in [4.78, 5) is 4.55. The number of ether oxygens (including phenoxy) is 1. The van der Waals surface area contributed by atoms with Crippen molar-refractivity contribution in [1.29, 1.82) is 0 Å². The zero-order valence-electron chi connectivity index (χ0n) is 11.5. The van der Waals surface area contributed by atoms with E-state index in [-0.39, 0.29) is 5.41 Å². The Morgan fingerprint density at radius 3 is 2.37 bits per heavy atom. The van der Waals surface area contributed by atoms with Crippen LogP contribution in [0.1, 0.15) is 32.0 Å². The summed E-state index contributed by atoms with van der Waals surface area (Å²) in [5.41, 5.74) is 2.08. The molecule has 0 N–H and O–H groups in total. The molecule has 1 aromatic heterocycles. The minimum absolute atomic E-state index is 0.0458. The number of benzene rings is 1. The Labute approximate surface area is 123 Å². The van der Waals surface area contributed by atoms with Crippen molar-refractivity contribution in [3.63, 3.8) is 0 Å². The summed E-state index contributed by atoms with van der Waals surface area (Å²) in [5.74, 6) is 0.847. The number of rotatable bonds is 3. The normalized spacial score (nSPS) is 11.4. The lowest BCUT2D eigenvalue weighted by Gasteiger charge is -2.21. The van der Waals surface area contributed by atoms with Crippen LogP contribution in [0.3, 0.4) is 0 Å². The zero-order chi connectivity index (χ0) is 13.9. The predicted molar refractivity (Wildman–Crippen MR) is 81.4 cm³/mol. The quantitative estimate of drug-likeness (QED) is 0.763. The summed E-state index contributed by atoms with van der Waals surface area (Å²) < 4.78 is 6.76. The number of hydrogen-bond donors (Lipinski definition) is 0. The van der Waals surface area contributed by atoms with Crippen molar-refractivity contribution in [1.82, 2.24) is 4.98 Å². The van der Waals surface area contributed by atoms with Gasteiger partial charge in [-0.25, -0.2) is 4.98 Å². The maximum atomic E-state index is 5.92. The molecule has 0 amide bonds. The van der Waals surface area contributed by atoms with Gasteiger partial charge < -0.3 is 4.74 Å². The number of halogens is 1. The first-order valence-corrected chi connectivity index (χ1v) is 7.10. The van der Waals surface area contributed by atoms with E-state index in [4.69, 9.17) is 4.74 Å². The van der Waals surface area contributed by atoms with Gasteiger partial charge in [0.05, 0.1) is 5.69 Å². The van der Waals surface area contributed by atoms with Crippen LogP contribution in [0.25, 0.3) is 0 Å². The van der Waals surface area contributed by atoms with Gasteiger partial charge in [-0.15, -0.1) is 0 Å². The fourth-order valence-electron chi connectivity index (χ4n) is 1.81. The minimum atomic E-state index is -0.0458. The van der Waals surface area contributed by atoms with E-state index >= 15 is 0 Å². The highest BCUT2D eigenvalue weighted by Crippen LogP contribution is 2.31. The summed E-state index contributed by atoms with van der Waals surface area (Å²) in [6.07, 6.45) is 0. The van der Waals surface area contributed by atoms with Crippen molar-refractivity contribution in [2.45, 2.75) is 32.8 Å². The second-order valence-electron chi connectivity index (χ2n) is 5.50. The number of nitrogens with zero attached hydrogens (tertiary/aromatic N) is 1. The van der Waals surface area contributed by atoms with Crippen LogP contribution in [-0.2, 0) is 12.0 Å². The van der Waals surface area contributed by atoms with Crippen LogP contribution in [0.5, 0.6) is 5.75 Å². The fourth-order valence-corrected chi connectivity index (χ4v) is 2.12. The third kappa shape index (κ3) is 3.80. The van der Waals surface area contributed by atoms with Gasteiger partial charge in [0.15, 0.2) is 0 Å². The van der Waals surface area contributed by atoms with Crippen molar-refractivity contribution in [3.05, 3.63) is 58.3 Å². The maximum absolute atomic E-state index is 5.92. The molecule has 0 saturated heterocycles. The van der Waals surface area contributed by atoms with Gasteiger partial charge in [0.1, 0.15) is 17.0 Å². The molecule has 0 aliphatic rings. The molecule has 100 valence electrons. The Morgan fingerprint density at radius 1 is 1.05 bits per heavy atom. The summed E-state index contributed by atoms with van der Waals surface area (Å²) in [5, 5.41) is 0. The van der Waals surface area contributed by atoms with Gasteiger partial charge >= 0.3 is 0 Å². The van der Waals surface area contributed by atoms with E-state index in [0.29, 0.717) is 6.61 Å². The van der Waals surface area contributed by atoms with E-state index in [9.17, 15) is 0 Å². The van der Waals surface area contributed by atoms with Gasteiger partial charge in [-0.05, 0) is 33.6 Å². The molecule has 0 aliphatic heterocycles. The first kappa shape index (κ1) is 14.1. The lowest BCUT2D eigenvalue weighted by Crippen LogP contribution is -2.16. The lowest BCUT2D eigenvalue weighted by molar-refractivity contribution is 0.294. The van der Waals surface area contributed by atoms with Crippen LogP contribution >= 0.6 is 15.9 Å². The summed E-state index contributed by atoms with van der Waals surface area (Å²) in [6.45, 7) is 6.97. The van der Waals surface area contributed by atoms with Gasteiger partial charge in [-0.2, -0.15) is 0 Å². The summed E-state index contributed by atoms with van der Waals surface area (Å²) >= 11 is 3.42. The van der Waals surface area contributed by atoms with Crippen molar-refractivity contribution >= 4 is 15.9 Å². The molecule has 0 unspecified atom stereocenters. The van der Waals surface area contributed by atoms with Gasteiger partial charge in [-0.1, -0.05) is 51.1 Å². The molecule has 0 bridgehead atoms. The molecule has 2 rings (SSSR count). The van der Waals surface area contributed by atoms with Gasteiger partial charge in [0.25, 0.3) is 0 Å². The third-order valence-corrected chi connectivity index (χ3v) is 3.21. The van der Waals surface area contributed by atoms with Gasteiger partial charge in [0, 0.05) is 5.41 Å². The highest BCUT2D eigenvalue weighted by Gasteiger charge is 2.21. The molecule has 0 aliphatic carbocycles. The molecule has 19 heavy (non-hydrogen) atoms. The van der Waals surface area contributed by atoms with E-state index in [1.807, 2.05) is 30.3 Å². The molecule has 0 saturated carbocycles. The Hall–Kier alpha value is -1.35. The summed E-state index contributed by atoms with van der Waals surface area (Å²) in [6, 6.07) is 14.0. The van der Waals surface area contributed by atoms with Crippen LogP contribution in [0.2, 0.25) is 0 Å². The smallest absolute Gasteiger partial charge is 0.141 e. The fraction of sp³-hybridized carbons (Fsp3) is 0.312. The SMILES string of the molecule is CC(C)(C)c1nc(Br)ccc1OCc1ccccc1. The number of hydrogen-bond acceptors (Lipinski definition) is 2. The number of aromatic nitrogens is 1. The Morgan fingerprint density at radius 2 is 1.74 bits per heavy atom. The Bertz CT molecular complexity index is 546. The van der Waals surface area contributed by atoms with Crippen molar-refractivity contribution in [2.75, 3.05) is 0 Å². The van der Waals surface area contributed by atoms with Crippen LogP contribution < -0.4 is 4.74 Å². The van der Waals surface area contributed by atoms with E-state index in [2.05, 4.69) is 53.8 Å². The number of pyridine rings is 1. The first-order chi connectivity index (χ1) is 8.97. The van der Waals surface area contributed by atoms with E-state index in [0.717, 1.165) is 21.6 Å². The standard InChI is InChI=1S/C16H18BrNO/c1-16(2,3)15-13(9-10-14(17)18-15)19-11-12-7-5-4-6-8-12/h4-10H,11H2,1-3H3. The molecule has 2 aromatic rings. The largest absolute Gasteiger partial charge is 0.487 e. The molecular weight excluding hydrogens is 302 g/mol. The van der Waals surface area contributed by atoms with Crippen molar-refractivity contribution in [3.8, 4) is 5.75 Å². The molecule has 0 fully saturated rings. The monoisotopic (exact) mass is 319 g/mol. The van der Waals surface area contributed by atoms with Crippen LogP contribution in [0.4, 0.5) is 0 Å². The predicted octanol–water partition coefficient (Wildman–Crippen LogP) is 4.72. The summed E-state index contributed by atoms with van der Waals surface area (Å²) in [7, 11) is 0. The molecule has 2 nitrogen and oxygen atoms in total. The topological polar surface area (TPSA) is 22.1 Å². The zero-order valence-corrected chi connectivity index (χ0v) is 13.1. The van der Waals surface area contributed by atoms with Crippen LogP contribution in [0, 0.1) is 0 Å². The second-order valence-corrected chi connectivity index (χ2v) is 6.32. The van der Waals surface area contributed by atoms with E-state index in [1.165, 1.54) is 0 Å². The molecule has 0 radical (unpaired) electrons. The van der Waals surface area contributed by atoms with Crippen molar-refractivity contribution in [2.24, 2.45) is 0 Å². The third-order valence-electron chi connectivity index (χ3n) is 2.77. The highest BCUT2D eigenvalue weighted by molar-refractivity contribution is 9.10. The van der Waals surface area contributed by atoms with Gasteiger partial charge in [-0.3, -0.25) is 0 Å². The lowest BCUT2D eigenvalue weighted by atomic mass is 9.91. The Balaban J connectivity index is 2.21. The molecule has 0 spiro atoms. The molecule has 0 atom stereocenters.